The Morgan fingerprint density at radius 2 is 1.74 bits per heavy atom. The Hall–Kier alpha value is -0.530. The Morgan fingerprint density at radius 1 is 1.16 bits per heavy atom. The van der Waals surface area contributed by atoms with Crippen LogP contribution in [0.2, 0.25) is 5.02 Å². The fourth-order valence-corrected chi connectivity index (χ4v) is 2.18. The third-order valence-electron chi connectivity index (χ3n) is 3.98. The molecule has 2 unspecified atom stereocenters. The van der Waals surface area contributed by atoms with E-state index >= 15 is 0 Å². The van der Waals surface area contributed by atoms with Crippen LogP contribution in [0.3, 0.4) is 0 Å². The molecule has 1 aromatic rings. The van der Waals surface area contributed by atoms with Crippen molar-refractivity contribution in [3.63, 3.8) is 0 Å². The maximum Gasteiger partial charge on any atom is 0.0406 e. The molecule has 0 spiro atoms. The third kappa shape index (κ3) is 5.54. The number of rotatable bonds is 6. The van der Waals surface area contributed by atoms with Gasteiger partial charge in [0.15, 0.2) is 0 Å². The monoisotopic (exact) mass is 281 g/mol. The van der Waals surface area contributed by atoms with Crippen molar-refractivity contribution in [1.82, 2.24) is 5.32 Å². The van der Waals surface area contributed by atoms with E-state index < -0.39 is 0 Å². The second kappa shape index (κ2) is 7.31. The molecule has 0 fully saturated rings. The second-order valence-corrected chi connectivity index (χ2v) is 7.00. The highest BCUT2D eigenvalue weighted by Crippen LogP contribution is 2.33. The van der Waals surface area contributed by atoms with E-state index in [9.17, 15) is 0 Å². The standard InChI is InChI=1S/C17H28ClN/c1-6-11-19-16(12-13(2)17(3,4)5)14-7-9-15(18)10-8-14/h7-10,13,16,19H,6,11-12H2,1-5H3. The van der Waals surface area contributed by atoms with Crippen molar-refractivity contribution in [2.24, 2.45) is 11.3 Å². The molecule has 1 rings (SSSR count). The van der Waals surface area contributed by atoms with E-state index in [0.717, 1.165) is 24.4 Å². The van der Waals surface area contributed by atoms with Crippen LogP contribution >= 0.6 is 11.6 Å². The van der Waals surface area contributed by atoms with Crippen LogP contribution in [0.4, 0.5) is 0 Å². The van der Waals surface area contributed by atoms with Crippen LogP contribution in [0.15, 0.2) is 24.3 Å². The Labute approximate surface area is 123 Å². The average Bonchev–Trinajstić information content (AvgIpc) is 2.34. The SMILES string of the molecule is CCCNC(CC(C)C(C)(C)C)c1ccc(Cl)cc1. The molecule has 0 aliphatic carbocycles. The fourth-order valence-electron chi connectivity index (χ4n) is 2.06. The molecule has 0 bridgehead atoms. The van der Waals surface area contributed by atoms with E-state index in [1.165, 1.54) is 5.56 Å². The highest BCUT2D eigenvalue weighted by molar-refractivity contribution is 6.30. The van der Waals surface area contributed by atoms with E-state index in [0.29, 0.717) is 17.4 Å². The molecule has 0 aliphatic rings. The number of halogens is 1. The number of nitrogens with one attached hydrogen (secondary N) is 1. The summed E-state index contributed by atoms with van der Waals surface area (Å²) >= 11 is 5.98. The van der Waals surface area contributed by atoms with E-state index in [1.807, 2.05) is 12.1 Å². The summed E-state index contributed by atoms with van der Waals surface area (Å²) in [5, 5.41) is 4.47. The highest BCUT2D eigenvalue weighted by atomic mass is 35.5. The molecule has 0 radical (unpaired) electrons. The molecule has 1 N–H and O–H groups in total. The summed E-state index contributed by atoms with van der Waals surface area (Å²) in [5.74, 6) is 0.664. The number of hydrogen-bond donors (Lipinski definition) is 1. The van der Waals surface area contributed by atoms with Crippen LogP contribution in [-0.4, -0.2) is 6.54 Å². The number of benzene rings is 1. The predicted molar refractivity (Wildman–Crippen MR) is 85.7 cm³/mol. The normalized spacial score (nSPS) is 15.3. The third-order valence-corrected chi connectivity index (χ3v) is 4.23. The molecule has 0 saturated carbocycles. The lowest BCUT2D eigenvalue weighted by Crippen LogP contribution is -2.28. The summed E-state index contributed by atoms with van der Waals surface area (Å²) < 4.78 is 0. The van der Waals surface area contributed by atoms with Gasteiger partial charge in [-0.3, -0.25) is 0 Å². The Kier molecular flexibility index (Phi) is 6.35. The fraction of sp³-hybridized carbons (Fsp3) is 0.647. The van der Waals surface area contributed by atoms with Crippen LogP contribution in [0.5, 0.6) is 0 Å². The van der Waals surface area contributed by atoms with Crippen LogP contribution in [-0.2, 0) is 0 Å². The lowest BCUT2D eigenvalue weighted by atomic mass is 9.77. The van der Waals surface area contributed by atoms with Gasteiger partial charge in [-0.05, 0) is 48.4 Å². The summed E-state index contributed by atoms with van der Waals surface area (Å²) in [6, 6.07) is 8.68. The number of hydrogen-bond acceptors (Lipinski definition) is 1. The van der Waals surface area contributed by atoms with Gasteiger partial charge in [-0.15, -0.1) is 0 Å². The van der Waals surface area contributed by atoms with Gasteiger partial charge in [0, 0.05) is 11.1 Å². The first kappa shape index (κ1) is 16.5. The van der Waals surface area contributed by atoms with Crippen molar-refractivity contribution in [2.45, 2.75) is 53.5 Å². The predicted octanol–water partition coefficient (Wildman–Crippen LogP) is 5.45. The van der Waals surface area contributed by atoms with Crippen molar-refractivity contribution in [1.29, 1.82) is 0 Å². The van der Waals surface area contributed by atoms with Crippen molar-refractivity contribution >= 4 is 11.6 Å². The molecular formula is C17H28ClN. The maximum absolute atomic E-state index is 5.98. The molecule has 0 amide bonds. The summed E-state index contributed by atoms with van der Waals surface area (Å²) in [5.41, 5.74) is 1.69. The molecule has 2 atom stereocenters. The van der Waals surface area contributed by atoms with Crippen LogP contribution in [0, 0.1) is 11.3 Å². The molecule has 0 aromatic heterocycles. The minimum Gasteiger partial charge on any atom is -0.310 e. The van der Waals surface area contributed by atoms with Gasteiger partial charge in [0.05, 0.1) is 0 Å². The first-order chi connectivity index (χ1) is 8.84. The van der Waals surface area contributed by atoms with Gasteiger partial charge in [-0.2, -0.15) is 0 Å². The Morgan fingerprint density at radius 3 is 2.21 bits per heavy atom. The minimum atomic E-state index is 0.346. The summed E-state index contributed by atoms with van der Waals surface area (Å²) in [7, 11) is 0. The van der Waals surface area contributed by atoms with Crippen molar-refractivity contribution < 1.29 is 0 Å². The van der Waals surface area contributed by atoms with Gasteiger partial charge in [-0.25, -0.2) is 0 Å². The summed E-state index contributed by atoms with van der Waals surface area (Å²) in [6.45, 7) is 12.6. The largest absolute Gasteiger partial charge is 0.310 e. The molecule has 0 aliphatic heterocycles. The maximum atomic E-state index is 5.98. The van der Waals surface area contributed by atoms with Gasteiger partial charge in [-0.1, -0.05) is 58.4 Å². The topological polar surface area (TPSA) is 12.0 Å². The van der Waals surface area contributed by atoms with E-state index in [4.69, 9.17) is 11.6 Å². The van der Waals surface area contributed by atoms with E-state index in [2.05, 4.69) is 52.1 Å². The highest BCUT2D eigenvalue weighted by Gasteiger charge is 2.24. The molecule has 19 heavy (non-hydrogen) atoms. The first-order valence-corrected chi connectivity index (χ1v) is 7.71. The minimum absolute atomic E-state index is 0.346. The smallest absolute Gasteiger partial charge is 0.0406 e. The zero-order valence-electron chi connectivity index (χ0n) is 13.0. The Balaban J connectivity index is 2.79. The van der Waals surface area contributed by atoms with Gasteiger partial charge in [0.25, 0.3) is 0 Å². The van der Waals surface area contributed by atoms with Crippen molar-refractivity contribution in [3.05, 3.63) is 34.9 Å². The quantitative estimate of drug-likeness (QED) is 0.731. The average molecular weight is 282 g/mol. The summed E-state index contributed by atoms with van der Waals surface area (Å²) in [4.78, 5) is 0. The first-order valence-electron chi connectivity index (χ1n) is 7.33. The second-order valence-electron chi connectivity index (χ2n) is 6.56. The van der Waals surface area contributed by atoms with E-state index in [1.54, 1.807) is 0 Å². The van der Waals surface area contributed by atoms with Gasteiger partial charge >= 0.3 is 0 Å². The lowest BCUT2D eigenvalue weighted by Gasteiger charge is -2.31. The van der Waals surface area contributed by atoms with Gasteiger partial charge in [0.1, 0.15) is 0 Å². The van der Waals surface area contributed by atoms with Gasteiger partial charge in [0.2, 0.25) is 0 Å². The molecule has 0 saturated heterocycles. The Bertz CT molecular complexity index is 364. The summed E-state index contributed by atoms with van der Waals surface area (Å²) in [6.07, 6.45) is 2.32. The van der Waals surface area contributed by atoms with Crippen LogP contribution < -0.4 is 5.32 Å². The molecule has 1 aromatic carbocycles. The molecular weight excluding hydrogens is 254 g/mol. The molecule has 108 valence electrons. The van der Waals surface area contributed by atoms with Gasteiger partial charge < -0.3 is 5.32 Å². The van der Waals surface area contributed by atoms with Crippen LogP contribution in [0.25, 0.3) is 0 Å². The van der Waals surface area contributed by atoms with E-state index in [-0.39, 0.29) is 0 Å². The zero-order chi connectivity index (χ0) is 14.5. The molecule has 2 heteroatoms. The van der Waals surface area contributed by atoms with Crippen molar-refractivity contribution in [3.8, 4) is 0 Å². The molecule has 1 nitrogen and oxygen atoms in total. The van der Waals surface area contributed by atoms with Crippen molar-refractivity contribution in [2.75, 3.05) is 6.54 Å². The zero-order valence-corrected chi connectivity index (χ0v) is 13.7. The van der Waals surface area contributed by atoms with Crippen LogP contribution in [0.1, 0.15) is 59.1 Å². The molecule has 0 heterocycles. The lowest BCUT2D eigenvalue weighted by molar-refractivity contribution is 0.223.